The van der Waals surface area contributed by atoms with Gasteiger partial charge in [0.15, 0.2) is 0 Å². The summed E-state index contributed by atoms with van der Waals surface area (Å²) in [6, 6.07) is 5.61. The highest BCUT2D eigenvalue weighted by Gasteiger charge is 2.32. The Morgan fingerprint density at radius 3 is 2.50 bits per heavy atom. The summed E-state index contributed by atoms with van der Waals surface area (Å²) >= 11 is 5.84. The zero-order valence-corrected chi connectivity index (χ0v) is 12.5. The maximum Gasteiger partial charge on any atom is 0.326 e. The van der Waals surface area contributed by atoms with E-state index >= 15 is 0 Å². The van der Waals surface area contributed by atoms with Crippen molar-refractivity contribution in [1.82, 2.24) is 10.6 Å². The van der Waals surface area contributed by atoms with Crippen molar-refractivity contribution in [3.8, 4) is 0 Å². The van der Waals surface area contributed by atoms with E-state index in [9.17, 15) is 9.59 Å². The topological polar surface area (TPSA) is 78.4 Å². The Hall–Kier alpha value is -1.75. The highest BCUT2D eigenvalue weighted by atomic mass is 35.5. The smallest absolute Gasteiger partial charge is 0.326 e. The van der Waals surface area contributed by atoms with Crippen LogP contribution in [0.2, 0.25) is 5.02 Å². The summed E-state index contributed by atoms with van der Waals surface area (Å²) in [5.41, 5.74) is 0.273. The minimum atomic E-state index is -1.06. The van der Waals surface area contributed by atoms with Gasteiger partial charge in [-0.15, -0.1) is 0 Å². The first kappa shape index (κ1) is 16.3. The molecule has 1 aromatic rings. The molecule has 0 aliphatic heterocycles. The number of aliphatic carboxylic acids is 1. The predicted molar refractivity (Wildman–Crippen MR) is 77.7 cm³/mol. The first-order chi connectivity index (χ1) is 9.20. The number of benzene rings is 1. The molecule has 20 heavy (non-hydrogen) atoms. The van der Waals surface area contributed by atoms with Crippen molar-refractivity contribution in [3.63, 3.8) is 0 Å². The van der Waals surface area contributed by atoms with Crippen LogP contribution in [0.5, 0.6) is 0 Å². The van der Waals surface area contributed by atoms with Gasteiger partial charge in [0.2, 0.25) is 0 Å². The van der Waals surface area contributed by atoms with Gasteiger partial charge in [-0.05, 0) is 23.1 Å². The van der Waals surface area contributed by atoms with E-state index in [1.54, 1.807) is 39.0 Å². The number of carbonyl (C=O) groups excluding carboxylic acids is 1. The number of halogens is 1. The fourth-order valence-corrected chi connectivity index (χ4v) is 1.87. The molecule has 1 atom stereocenters. The molecule has 0 bridgehead atoms. The minimum absolute atomic E-state index is 0.281. The Balaban J connectivity index is 2.57. The third kappa shape index (κ3) is 5.09. The van der Waals surface area contributed by atoms with Crippen molar-refractivity contribution in [3.05, 3.63) is 34.9 Å². The first-order valence-electron chi connectivity index (χ1n) is 6.22. The molecule has 0 aromatic heterocycles. The van der Waals surface area contributed by atoms with Crippen molar-refractivity contribution in [2.45, 2.75) is 33.4 Å². The van der Waals surface area contributed by atoms with Crippen LogP contribution in [0.3, 0.4) is 0 Å². The fourth-order valence-electron chi connectivity index (χ4n) is 1.66. The Kier molecular flexibility index (Phi) is 5.39. The van der Waals surface area contributed by atoms with Gasteiger partial charge in [-0.25, -0.2) is 9.59 Å². The minimum Gasteiger partial charge on any atom is -0.480 e. The molecular formula is C14H19ClN2O3. The number of carbonyl (C=O) groups is 2. The first-order valence-corrected chi connectivity index (χ1v) is 6.59. The molecule has 0 spiro atoms. The number of hydrogen-bond acceptors (Lipinski definition) is 2. The molecule has 0 fully saturated rings. The molecule has 3 N–H and O–H groups in total. The largest absolute Gasteiger partial charge is 0.480 e. The number of carboxylic acid groups (broad SMARTS) is 1. The molecule has 1 rings (SSSR count). The molecule has 5 nitrogen and oxygen atoms in total. The monoisotopic (exact) mass is 298 g/mol. The standard InChI is InChI=1S/C14H19ClN2O3/c1-14(2,3)11(12(18)19)17-13(20)16-8-9-5-4-6-10(15)7-9/h4-7,11H,8H2,1-3H3,(H,18,19)(H2,16,17,20)/t11-/m0/s1. The lowest BCUT2D eigenvalue weighted by Gasteiger charge is -2.27. The fraction of sp³-hybridized carbons (Fsp3) is 0.429. The third-order valence-electron chi connectivity index (χ3n) is 2.73. The molecule has 1 aromatic carbocycles. The van der Waals surface area contributed by atoms with Gasteiger partial charge in [0.05, 0.1) is 0 Å². The maximum absolute atomic E-state index is 11.7. The zero-order chi connectivity index (χ0) is 15.3. The van der Waals surface area contributed by atoms with E-state index in [1.807, 2.05) is 6.07 Å². The van der Waals surface area contributed by atoms with Crippen LogP contribution in [0.25, 0.3) is 0 Å². The second kappa shape index (κ2) is 6.61. The van der Waals surface area contributed by atoms with Crippen LogP contribution in [-0.4, -0.2) is 23.1 Å². The lowest BCUT2D eigenvalue weighted by atomic mass is 9.87. The average Bonchev–Trinajstić information content (AvgIpc) is 2.31. The van der Waals surface area contributed by atoms with Gasteiger partial charge in [0.1, 0.15) is 6.04 Å². The summed E-state index contributed by atoms with van der Waals surface area (Å²) in [4.78, 5) is 22.9. The molecule has 0 radical (unpaired) electrons. The molecule has 0 aliphatic rings. The summed E-state index contributed by atoms with van der Waals surface area (Å²) in [6.07, 6.45) is 0. The van der Waals surface area contributed by atoms with Crippen molar-refractivity contribution in [2.75, 3.05) is 0 Å². The Morgan fingerprint density at radius 2 is 2.00 bits per heavy atom. The van der Waals surface area contributed by atoms with Gasteiger partial charge >= 0.3 is 12.0 Å². The molecule has 6 heteroatoms. The van der Waals surface area contributed by atoms with Crippen molar-refractivity contribution < 1.29 is 14.7 Å². The number of rotatable bonds is 4. The van der Waals surface area contributed by atoms with Crippen LogP contribution in [0, 0.1) is 5.41 Å². The number of amides is 2. The number of nitrogens with one attached hydrogen (secondary N) is 2. The van der Waals surface area contributed by atoms with E-state index in [1.165, 1.54) is 0 Å². The van der Waals surface area contributed by atoms with Crippen LogP contribution in [0.1, 0.15) is 26.3 Å². The van der Waals surface area contributed by atoms with Gasteiger partial charge in [-0.2, -0.15) is 0 Å². The van der Waals surface area contributed by atoms with Crippen LogP contribution >= 0.6 is 11.6 Å². The highest BCUT2D eigenvalue weighted by molar-refractivity contribution is 6.30. The van der Waals surface area contributed by atoms with Crippen molar-refractivity contribution in [2.24, 2.45) is 5.41 Å². The van der Waals surface area contributed by atoms with Gasteiger partial charge in [0.25, 0.3) is 0 Å². The Bertz CT molecular complexity index is 497. The van der Waals surface area contributed by atoms with Crippen molar-refractivity contribution >= 4 is 23.6 Å². The predicted octanol–water partition coefficient (Wildman–Crippen LogP) is 2.64. The van der Waals surface area contributed by atoms with E-state index < -0.39 is 23.5 Å². The summed E-state index contributed by atoms with van der Waals surface area (Å²) in [6.45, 7) is 5.54. The van der Waals surface area contributed by atoms with E-state index in [2.05, 4.69) is 10.6 Å². The lowest BCUT2D eigenvalue weighted by molar-refractivity contribution is -0.141. The third-order valence-corrected chi connectivity index (χ3v) is 2.97. The number of urea groups is 1. The van der Waals surface area contributed by atoms with E-state index in [4.69, 9.17) is 16.7 Å². The van der Waals surface area contributed by atoms with E-state index in [0.29, 0.717) is 5.02 Å². The van der Waals surface area contributed by atoms with Crippen molar-refractivity contribution in [1.29, 1.82) is 0 Å². The Labute approximate surface area is 123 Å². The average molecular weight is 299 g/mol. The normalized spacial score (nSPS) is 12.6. The molecule has 0 aliphatic carbocycles. The highest BCUT2D eigenvalue weighted by Crippen LogP contribution is 2.19. The lowest BCUT2D eigenvalue weighted by Crippen LogP contribution is -2.52. The number of hydrogen-bond donors (Lipinski definition) is 3. The van der Waals surface area contributed by atoms with E-state index in [0.717, 1.165) is 5.56 Å². The zero-order valence-electron chi connectivity index (χ0n) is 11.7. The molecule has 0 saturated heterocycles. The van der Waals surface area contributed by atoms with Gasteiger partial charge in [-0.3, -0.25) is 0 Å². The van der Waals surface area contributed by atoms with Crippen LogP contribution in [-0.2, 0) is 11.3 Å². The van der Waals surface area contributed by atoms with Gasteiger partial charge in [0, 0.05) is 11.6 Å². The Morgan fingerprint density at radius 1 is 1.35 bits per heavy atom. The van der Waals surface area contributed by atoms with Gasteiger partial charge < -0.3 is 15.7 Å². The molecule has 0 saturated carbocycles. The quantitative estimate of drug-likeness (QED) is 0.799. The summed E-state index contributed by atoms with van der Waals surface area (Å²) < 4.78 is 0. The summed E-state index contributed by atoms with van der Waals surface area (Å²) in [7, 11) is 0. The van der Waals surface area contributed by atoms with E-state index in [-0.39, 0.29) is 6.54 Å². The summed E-state index contributed by atoms with van der Waals surface area (Å²) in [5, 5.41) is 14.8. The van der Waals surface area contributed by atoms with Crippen LogP contribution in [0.15, 0.2) is 24.3 Å². The molecule has 0 heterocycles. The second-order valence-corrected chi connectivity index (χ2v) is 6.03. The molecule has 2 amide bonds. The second-order valence-electron chi connectivity index (χ2n) is 5.59. The molecule has 110 valence electrons. The van der Waals surface area contributed by atoms with Crippen LogP contribution < -0.4 is 10.6 Å². The molecular weight excluding hydrogens is 280 g/mol. The van der Waals surface area contributed by atoms with Gasteiger partial charge in [-0.1, -0.05) is 44.5 Å². The number of carboxylic acids is 1. The maximum atomic E-state index is 11.7. The molecule has 0 unspecified atom stereocenters. The summed E-state index contributed by atoms with van der Waals surface area (Å²) in [5.74, 6) is -1.06. The SMILES string of the molecule is CC(C)(C)[C@@H](NC(=O)NCc1cccc(Cl)c1)C(=O)O. The van der Waals surface area contributed by atoms with Crippen LogP contribution in [0.4, 0.5) is 4.79 Å².